The summed E-state index contributed by atoms with van der Waals surface area (Å²) in [6, 6.07) is 23.3. The van der Waals surface area contributed by atoms with E-state index in [1.54, 1.807) is 17.0 Å². The fourth-order valence-corrected chi connectivity index (χ4v) is 3.30. The first-order valence-corrected chi connectivity index (χ1v) is 9.06. The number of ether oxygens (including phenoxy) is 1. The molecular formula is C22H21N3O2. The number of rotatable bonds is 5. The van der Waals surface area contributed by atoms with E-state index in [0.717, 1.165) is 18.4 Å². The van der Waals surface area contributed by atoms with E-state index in [1.165, 1.54) is 5.56 Å². The predicted molar refractivity (Wildman–Crippen MR) is 106 cm³/mol. The number of anilines is 2. The molecule has 136 valence electrons. The number of pyridine rings is 1. The Bertz CT molecular complexity index is 929. The molecule has 1 unspecified atom stereocenters. The van der Waals surface area contributed by atoms with Gasteiger partial charge >= 0.3 is 0 Å². The van der Waals surface area contributed by atoms with E-state index in [0.29, 0.717) is 23.9 Å². The summed E-state index contributed by atoms with van der Waals surface area (Å²) in [6.45, 7) is 0.559. The van der Waals surface area contributed by atoms with Crippen LogP contribution in [0.3, 0.4) is 0 Å². The van der Waals surface area contributed by atoms with Crippen LogP contribution in [0.25, 0.3) is 0 Å². The number of hydrogen-bond acceptors (Lipinski definition) is 4. The average Bonchev–Trinajstić information content (AvgIpc) is 2.71. The SMILES string of the molecule is Nc1ccc2c(n1)N(CCCc1ccccc1)C(=O)C(c1ccccc1)O2. The average molecular weight is 359 g/mol. The number of hydrogen-bond donors (Lipinski definition) is 1. The first kappa shape index (κ1) is 17.1. The van der Waals surface area contributed by atoms with Gasteiger partial charge in [0, 0.05) is 12.1 Å². The molecule has 2 N–H and O–H groups in total. The third kappa shape index (κ3) is 3.62. The van der Waals surface area contributed by atoms with E-state index < -0.39 is 6.10 Å². The van der Waals surface area contributed by atoms with Crippen molar-refractivity contribution in [2.75, 3.05) is 17.2 Å². The lowest BCUT2D eigenvalue weighted by atomic mass is 10.1. The van der Waals surface area contributed by atoms with Crippen molar-refractivity contribution in [2.45, 2.75) is 18.9 Å². The van der Waals surface area contributed by atoms with Crippen LogP contribution in [-0.2, 0) is 11.2 Å². The van der Waals surface area contributed by atoms with Crippen LogP contribution in [0.2, 0.25) is 0 Å². The number of carbonyl (C=O) groups excluding carboxylic acids is 1. The molecule has 0 fully saturated rings. The Morgan fingerprint density at radius 1 is 0.963 bits per heavy atom. The Morgan fingerprint density at radius 2 is 1.67 bits per heavy atom. The minimum Gasteiger partial charge on any atom is -0.472 e. The summed E-state index contributed by atoms with van der Waals surface area (Å²) < 4.78 is 5.97. The molecule has 0 radical (unpaired) electrons. The Morgan fingerprint density at radius 3 is 2.41 bits per heavy atom. The summed E-state index contributed by atoms with van der Waals surface area (Å²) >= 11 is 0. The van der Waals surface area contributed by atoms with Crippen molar-refractivity contribution in [3.63, 3.8) is 0 Å². The Kier molecular flexibility index (Phi) is 4.75. The molecule has 1 aliphatic rings. The first-order valence-electron chi connectivity index (χ1n) is 9.06. The molecule has 5 nitrogen and oxygen atoms in total. The van der Waals surface area contributed by atoms with Crippen LogP contribution >= 0.6 is 0 Å². The smallest absolute Gasteiger partial charge is 0.274 e. The molecule has 2 aromatic carbocycles. The van der Waals surface area contributed by atoms with Gasteiger partial charge in [-0.2, -0.15) is 0 Å². The lowest BCUT2D eigenvalue weighted by Gasteiger charge is -2.33. The van der Waals surface area contributed by atoms with Gasteiger partial charge in [0.2, 0.25) is 6.10 Å². The van der Waals surface area contributed by atoms with Gasteiger partial charge in [0.15, 0.2) is 11.6 Å². The Balaban J connectivity index is 1.59. The molecule has 4 rings (SSSR count). The van der Waals surface area contributed by atoms with Crippen LogP contribution in [0.4, 0.5) is 11.6 Å². The molecule has 2 heterocycles. The molecular weight excluding hydrogens is 338 g/mol. The van der Waals surface area contributed by atoms with E-state index in [2.05, 4.69) is 17.1 Å². The molecule has 0 spiro atoms. The molecule has 0 aliphatic carbocycles. The number of aryl methyl sites for hydroxylation is 1. The van der Waals surface area contributed by atoms with Crippen molar-refractivity contribution in [2.24, 2.45) is 0 Å². The van der Waals surface area contributed by atoms with Crippen molar-refractivity contribution >= 4 is 17.5 Å². The van der Waals surface area contributed by atoms with Crippen LogP contribution in [0.15, 0.2) is 72.8 Å². The minimum atomic E-state index is -0.666. The normalized spacial score (nSPS) is 15.9. The predicted octanol–water partition coefficient (Wildman–Crippen LogP) is 3.76. The highest BCUT2D eigenvalue weighted by atomic mass is 16.5. The highest BCUT2D eigenvalue weighted by molar-refractivity contribution is 5.99. The molecule has 1 aromatic heterocycles. The molecule has 0 bridgehead atoms. The lowest BCUT2D eigenvalue weighted by Crippen LogP contribution is -2.42. The number of carbonyl (C=O) groups is 1. The van der Waals surface area contributed by atoms with Crippen molar-refractivity contribution in [1.82, 2.24) is 4.98 Å². The largest absolute Gasteiger partial charge is 0.472 e. The maximum absolute atomic E-state index is 13.2. The van der Waals surface area contributed by atoms with Gasteiger partial charge in [0.1, 0.15) is 5.82 Å². The van der Waals surface area contributed by atoms with Crippen molar-refractivity contribution in [1.29, 1.82) is 0 Å². The summed E-state index contributed by atoms with van der Waals surface area (Å²) in [4.78, 5) is 19.2. The fourth-order valence-electron chi connectivity index (χ4n) is 3.30. The molecule has 1 amide bonds. The number of nitrogens with two attached hydrogens (primary N) is 1. The van der Waals surface area contributed by atoms with Gasteiger partial charge in [-0.25, -0.2) is 4.98 Å². The van der Waals surface area contributed by atoms with E-state index in [9.17, 15) is 4.79 Å². The van der Waals surface area contributed by atoms with Crippen LogP contribution in [-0.4, -0.2) is 17.4 Å². The minimum absolute atomic E-state index is 0.111. The van der Waals surface area contributed by atoms with Crippen molar-refractivity contribution in [3.8, 4) is 5.75 Å². The zero-order valence-electron chi connectivity index (χ0n) is 14.9. The van der Waals surface area contributed by atoms with E-state index in [1.807, 2.05) is 48.5 Å². The number of amides is 1. The summed E-state index contributed by atoms with van der Waals surface area (Å²) in [5.74, 6) is 1.34. The second-order valence-electron chi connectivity index (χ2n) is 6.55. The van der Waals surface area contributed by atoms with Crippen molar-refractivity contribution < 1.29 is 9.53 Å². The highest BCUT2D eigenvalue weighted by Crippen LogP contribution is 2.38. The molecule has 1 aliphatic heterocycles. The summed E-state index contributed by atoms with van der Waals surface area (Å²) in [6.07, 6.45) is 1.05. The van der Waals surface area contributed by atoms with Crippen LogP contribution in [0.1, 0.15) is 23.7 Å². The first-order chi connectivity index (χ1) is 13.2. The number of aromatic nitrogens is 1. The number of nitrogens with zero attached hydrogens (tertiary/aromatic N) is 2. The van der Waals surface area contributed by atoms with Crippen LogP contribution in [0, 0.1) is 0 Å². The molecule has 27 heavy (non-hydrogen) atoms. The lowest BCUT2D eigenvalue weighted by molar-refractivity contribution is -0.126. The molecule has 5 heteroatoms. The van der Waals surface area contributed by atoms with Crippen LogP contribution in [0.5, 0.6) is 5.75 Å². The monoisotopic (exact) mass is 359 g/mol. The molecule has 0 saturated carbocycles. The molecule has 1 atom stereocenters. The van der Waals surface area contributed by atoms with Gasteiger partial charge in [0.25, 0.3) is 5.91 Å². The van der Waals surface area contributed by atoms with Crippen molar-refractivity contribution in [3.05, 3.63) is 83.9 Å². The number of fused-ring (bicyclic) bond motifs is 1. The van der Waals surface area contributed by atoms with Gasteiger partial charge in [0.05, 0.1) is 0 Å². The standard InChI is InChI=1S/C22H21N3O2/c23-19-14-13-18-21(24-19)25(15-7-10-16-8-3-1-4-9-16)22(26)20(27-18)17-11-5-2-6-12-17/h1-6,8-9,11-14,20H,7,10,15H2,(H2,23,24). The van der Waals surface area contributed by atoms with E-state index >= 15 is 0 Å². The quantitative estimate of drug-likeness (QED) is 0.753. The Labute approximate surface area is 158 Å². The van der Waals surface area contributed by atoms with Gasteiger partial charge < -0.3 is 10.5 Å². The summed E-state index contributed by atoms with van der Waals surface area (Å²) in [7, 11) is 0. The number of nitrogen functional groups attached to an aromatic ring is 1. The second-order valence-corrected chi connectivity index (χ2v) is 6.55. The fraction of sp³-hybridized carbons (Fsp3) is 0.182. The van der Waals surface area contributed by atoms with E-state index in [-0.39, 0.29) is 5.91 Å². The second kappa shape index (κ2) is 7.50. The number of benzene rings is 2. The summed E-state index contributed by atoms with van der Waals surface area (Å²) in [5.41, 5.74) is 7.93. The van der Waals surface area contributed by atoms with E-state index in [4.69, 9.17) is 10.5 Å². The third-order valence-corrected chi connectivity index (χ3v) is 4.64. The maximum atomic E-state index is 13.2. The van der Waals surface area contributed by atoms with Gasteiger partial charge in [-0.05, 0) is 30.5 Å². The zero-order chi connectivity index (χ0) is 18.6. The topological polar surface area (TPSA) is 68.5 Å². The van der Waals surface area contributed by atoms with Gasteiger partial charge in [-0.15, -0.1) is 0 Å². The van der Waals surface area contributed by atoms with Crippen LogP contribution < -0.4 is 15.4 Å². The maximum Gasteiger partial charge on any atom is 0.274 e. The highest BCUT2D eigenvalue weighted by Gasteiger charge is 2.36. The third-order valence-electron chi connectivity index (χ3n) is 4.64. The molecule has 3 aromatic rings. The zero-order valence-corrected chi connectivity index (χ0v) is 14.9. The van der Waals surface area contributed by atoms with Gasteiger partial charge in [-0.3, -0.25) is 9.69 Å². The Hall–Kier alpha value is -3.34. The summed E-state index contributed by atoms with van der Waals surface area (Å²) in [5, 5.41) is 0. The molecule has 0 saturated heterocycles. The van der Waals surface area contributed by atoms with Gasteiger partial charge in [-0.1, -0.05) is 60.7 Å².